The van der Waals surface area contributed by atoms with E-state index in [9.17, 15) is 5.26 Å². The number of benzene rings is 2. The van der Waals surface area contributed by atoms with E-state index in [4.69, 9.17) is 27.9 Å². The highest BCUT2D eigenvalue weighted by atomic mass is 35.5. The number of fused-ring (bicyclic) bond motifs is 1. The van der Waals surface area contributed by atoms with Crippen LogP contribution in [-0.4, -0.2) is 9.97 Å². The van der Waals surface area contributed by atoms with E-state index in [0.717, 1.165) is 16.6 Å². The highest BCUT2D eigenvalue weighted by Crippen LogP contribution is 2.35. The maximum Gasteiger partial charge on any atom is 0.147 e. The number of hydrogen-bond acceptors (Lipinski definition) is 4. The van der Waals surface area contributed by atoms with Crippen molar-refractivity contribution in [2.45, 2.75) is 0 Å². The molecule has 5 nitrogen and oxygen atoms in total. The Labute approximate surface area is 165 Å². The molecule has 2 N–H and O–H groups in total. The summed E-state index contributed by atoms with van der Waals surface area (Å²) in [6.07, 6.45) is 1.88. The van der Waals surface area contributed by atoms with Crippen LogP contribution in [0.2, 0.25) is 10.0 Å². The van der Waals surface area contributed by atoms with Crippen molar-refractivity contribution in [3.8, 4) is 17.6 Å². The van der Waals surface area contributed by atoms with E-state index < -0.39 is 0 Å². The number of rotatable bonds is 4. The molecule has 0 amide bonds. The monoisotopic (exact) mass is 394 g/mol. The Kier molecular flexibility index (Phi) is 4.59. The lowest BCUT2D eigenvalue weighted by atomic mass is 10.2. The standard InChI is InChI=1S/C20H12Cl2N4O/c21-16-2-1-3-18(20(16)22)27-15-8-14(11-23)26-19(10-15)25-13-5-4-12-6-7-24-17(12)9-13/h1-10,24H,(H,25,26). The van der Waals surface area contributed by atoms with E-state index in [0.29, 0.717) is 27.4 Å². The minimum atomic E-state index is 0.217. The lowest BCUT2D eigenvalue weighted by Gasteiger charge is -2.11. The van der Waals surface area contributed by atoms with E-state index in [2.05, 4.69) is 15.3 Å². The van der Waals surface area contributed by atoms with Crippen molar-refractivity contribution < 1.29 is 4.74 Å². The number of pyridine rings is 1. The fourth-order valence-corrected chi connectivity index (χ4v) is 2.98. The van der Waals surface area contributed by atoms with Crippen molar-refractivity contribution in [2.75, 3.05) is 5.32 Å². The fourth-order valence-electron chi connectivity index (χ4n) is 2.65. The molecule has 27 heavy (non-hydrogen) atoms. The van der Waals surface area contributed by atoms with Gasteiger partial charge >= 0.3 is 0 Å². The Hall–Kier alpha value is -3.20. The first-order valence-electron chi connectivity index (χ1n) is 8.00. The van der Waals surface area contributed by atoms with Crippen molar-refractivity contribution in [1.29, 1.82) is 5.26 Å². The summed E-state index contributed by atoms with van der Waals surface area (Å²) in [6, 6.07) is 18.3. The zero-order valence-corrected chi connectivity index (χ0v) is 15.3. The van der Waals surface area contributed by atoms with Gasteiger partial charge in [0, 0.05) is 29.5 Å². The van der Waals surface area contributed by atoms with Crippen LogP contribution in [0.15, 0.2) is 60.8 Å². The molecule has 4 aromatic rings. The van der Waals surface area contributed by atoms with Crippen LogP contribution in [0.4, 0.5) is 11.5 Å². The molecule has 132 valence electrons. The smallest absolute Gasteiger partial charge is 0.147 e. The van der Waals surface area contributed by atoms with Crippen LogP contribution in [0, 0.1) is 11.3 Å². The molecule has 7 heteroatoms. The van der Waals surface area contributed by atoms with Crippen molar-refractivity contribution >= 4 is 45.6 Å². The molecule has 0 fully saturated rings. The normalized spacial score (nSPS) is 10.6. The van der Waals surface area contributed by atoms with Gasteiger partial charge < -0.3 is 15.0 Å². The van der Waals surface area contributed by atoms with Gasteiger partial charge in [-0.2, -0.15) is 5.26 Å². The summed E-state index contributed by atoms with van der Waals surface area (Å²) < 4.78 is 5.82. The molecule has 0 spiro atoms. The maximum atomic E-state index is 9.28. The van der Waals surface area contributed by atoms with Gasteiger partial charge in [-0.1, -0.05) is 35.3 Å². The molecule has 0 radical (unpaired) electrons. The van der Waals surface area contributed by atoms with Crippen molar-refractivity contribution in [3.63, 3.8) is 0 Å². The Balaban J connectivity index is 1.66. The van der Waals surface area contributed by atoms with E-state index in [1.165, 1.54) is 6.07 Å². The Morgan fingerprint density at radius 1 is 1.07 bits per heavy atom. The highest BCUT2D eigenvalue weighted by molar-refractivity contribution is 6.42. The van der Waals surface area contributed by atoms with Crippen LogP contribution in [0.5, 0.6) is 11.5 Å². The number of H-pyrrole nitrogens is 1. The first-order chi connectivity index (χ1) is 13.1. The van der Waals surface area contributed by atoms with Crippen molar-refractivity contribution in [2.24, 2.45) is 0 Å². The van der Waals surface area contributed by atoms with Gasteiger partial charge in [-0.05, 0) is 35.7 Å². The van der Waals surface area contributed by atoms with E-state index >= 15 is 0 Å². The molecular formula is C20H12Cl2N4O. The summed E-state index contributed by atoms with van der Waals surface area (Å²) in [4.78, 5) is 7.43. The number of ether oxygens (including phenoxy) is 1. The molecule has 0 aliphatic rings. The van der Waals surface area contributed by atoms with Gasteiger partial charge in [-0.25, -0.2) is 4.98 Å². The molecule has 0 bridgehead atoms. The number of nitriles is 1. The summed E-state index contributed by atoms with van der Waals surface area (Å²) in [5.74, 6) is 1.31. The zero-order chi connectivity index (χ0) is 18.8. The van der Waals surface area contributed by atoms with Crippen LogP contribution >= 0.6 is 23.2 Å². The molecule has 2 aromatic carbocycles. The van der Waals surface area contributed by atoms with Gasteiger partial charge in [-0.15, -0.1) is 0 Å². The third-order valence-corrected chi connectivity index (χ3v) is 4.69. The molecule has 2 aromatic heterocycles. The van der Waals surface area contributed by atoms with Crippen LogP contribution in [-0.2, 0) is 0 Å². The summed E-state index contributed by atoms with van der Waals surface area (Å²) >= 11 is 12.2. The van der Waals surface area contributed by atoms with E-state index in [1.54, 1.807) is 24.3 Å². The van der Waals surface area contributed by atoms with Gasteiger partial charge in [0.25, 0.3) is 0 Å². The number of aromatic nitrogens is 2. The predicted octanol–water partition coefficient (Wildman–Crippen LogP) is 6.28. The number of nitrogens with zero attached hydrogens (tertiary/aromatic N) is 2. The molecule has 4 rings (SSSR count). The Bertz CT molecular complexity index is 1180. The second-order valence-corrected chi connectivity index (χ2v) is 6.53. The maximum absolute atomic E-state index is 9.28. The minimum absolute atomic E-state index is 0.217. The first kappa shape index (κ1) is 17.2. The summed E-state index contributed by atoms with van der Waals surface area (Å²) in [7, 11) is 0. The topological polar surface area (TPSA) is 73.7 Å². The van der Waals surface area contributed by atoms with E-state index in [-0.39, 0.29) is 5.69 Å². The zero-order valence-electron chi connectivity index (χ0n) is 13.8. The number of halogens is 2. The molecule has 2 heterocycles. The lowest BCUT2D eigenvalue weighted by Crippen LogP contribution is -1.97. The Morgan fingerprint density at radius 2 is 1.96 bits per heavy atom. The first-order valence-corrected chi connectivity index (χ1v) is 8.76. The highest BCUT2D eigenvalue weighted by Gasteiger charge is 2.10. The van der Waals surface area contributed by atoms with Gasteiger partial charge in [0.1, 0.15) is 34.1 Å². The average molecular weight is 395 g/mol. The van der Waals surface area contributed by atoms with Gasteiger partial charge in [0.05, 0.1) is 5.02 Å². The van der Waals surface area contributed by atoms with Crippen molar-refractivity contribution in [3.05, 3.63) is 76.5 Å². The SMILES string of the molecule is N#Cc1cc(Oc2cccc(Cl)c2Cl)cc(Nc2ccc3cc[nH]c3c2)n1. The molecule has 0 aliphatic heterocycles. The third kappa shape index (κ3) is 3.68. The van der Waals surface area contributed by atoms with Gasteiger partial charge in [0.15, 0.2) is 0 Å². The van der Waals surface area contributed by atoms with Crippen LogP contribution < -0.4 is 10.1 Å². The van der Waals surface area contributed by atoms with Crippen LogP contribution in [0.1, 0.15) is 5.69 Å². The second kappa shape index (κ2) is 7.20. The van der Waals surface area contributed by atoms with Gasteiger partial charge in [0.2, 0.25) is 0 Å². The van der Waals surface area contributed by atoms with Crippen molar-refractivity contribution in [1.82, 2.24) is 9.97 Å². The number of anilines is 2. The fraction of sp³-hybridized carbons (Fsp3) is 0. The minimum Gasteiger partial charge on any atom is -0.456 e. The average Bonchev–Trinajstić information content (AvgIpc) is 3.13. The molecule has 0 atom stereocenters. The van der Waals surface area contributed by atoms with Crippen LogP contribution in [0.3, 0.4) is 0 Å². The summed E-state index contributed by atoms with van der Waals surface area (Å²) in [6.45, 7) is 0. The molecular weight excluding hydrogens is 383 g/mol. The lowest BCUT2D eigenvalue weighted by molar-refractivity contribution is 0.482. The number of nitrogens with one attached hydrogen (secondary N) is 2. The quantitative estimate of drug-likeness (QED) is 0.427. The molecule has 0 saturated carbocycles. The number of hydrogen-bond donors (Lipinski definition) is 2. The summed E-state index contributed by atoms with van der Waals surface area (Å²) in [5, 5.41) is 14.3. The summed E-state index contributed by atoms with van der Waals surface area (Å²) in [5.41, 5.74) is 2.05. The van der Waals surface area contributed by atoms with Crippen LogP contribution in [0.25, 0.3) is 10.9 Å². The Morgan fingerprint density at radius 3 is 2.81 bits per heavy atom. The second-order valence-electron chi connectivity index (χ2n) is 5.74. The predicted molar refractivity (Wildman–Crippen MR) is 107 cm³/mol. The largest absolute Gasteiger partial charge is 0.456 e. The molecule has 0 unspecified atom stereocenters. The molecule has 0 saturated heterocycles. The number of aromatic amines is 1. The van der Waals surface area contributed by atoms with E-state index in [1.807, 2.05) is 36.5 Å². The molecule has 0 aliphatic carbocycles. The van der Waals surface area contributed by atoms with Gasteiger partial charge in [-0.3, -0.25) is 0 Å². The third-order valence-electron chi connectivity index (χ3n) is 3.88.